The highest BCUT2D eigenvalue weighted by Gasteiger charge is 2.28. The highest BCUT2D eigenvalue weighted by Crippen LogP contribution is 2.38. The van der Waals surface area contributed by atoms with Gasteiger partial charge in [0.15, 0.2) is 0 Å². The van der Waals surface area contributed by atoms with Crippen molar-refractivity contribution in [1.82, 2.24) is 4.98 Å². The quantitative estimate of drug-likeness (QED) is 0.875. The van der Waals surface area contributed by atoms with E-state index in [1.807, 2.05) is 6.07 Å². The zero-order chi connectivity index (χ0) is 13.0. The summed E-state index contributed by atoms with van der Waals surface area (Å²) in [6.45, 7) is 4.40. The molecule has 2 heteroatoms. The number of rotatable bonds is 4. The normalized spacial score (nSPS) is 25.9. The van der Waals surface area contributed by atoms with Crippen LogP contribution < -0.4 is 0 Å². The van der Waals surface area contributed by atoms with Crippen molar-refractivity contribution in [2.24, 2.45) is 11.8 Å². The van der Waals surface area contributed by atoms with E-state index in [0.29, 0.717) is 5.92 Å². The van der Waals surface area contributed by atoms with Gasteiger partial charge in [-0.15, -0.1) is 0 Å². The predicted octanol–water partition coefficient (Wildman–Crippen LogP) is 3.89. The maximum Gasteiger partial charge on any atom is 0.0990 e. The van der Waals surface area contributed by atoms with Gasteiger partial charge in [0.25, 0.3) is 0 Å². The Morgan fingerprint density at radius 3 is 2.61 bits per heavy atom. The molecular weight excluding hydrogens is 222 g/mol. The molecule has 0 aromatic carbocycles. The summed E-state index contributed by atoms with van der Waals surface area (Å²) >= 11 is 0. The molecule has 0 saturated heterocycles. The Morgan fingerprint density at radius 2 is 2.00 bits per heavy atom. The van der Waals surface area contributed by atoms with E-state index < -0.39 is 0 Å². The molecule has 2 nitrogen and oxygen atoms in total. The van der Waals surface area contributed by atoms with Gasteiger partial charge in [0.1, 0.15) is 0 Å². The van der Waals surface area contributed by atoms with Gasteiger partial charge in [0, 0.05) is 6.20 Å². The van der Waals surface area contributed by atoms with Gasteiger partial charge >= 0.3 is 0 Å². The first-order valence-electron chi connectivity index (χ1n) is 7.38. The van der Waals surface area contributed by atoms with Crippen LogP contribution in [0.1, 0.15) is 63.3 Å². The topological polar surface area (TPSA) is 33.1 Å². The van der Waals surface area contributed by atoms with Crippen LogP contribution in [-0.2, 0) is 6.42 Å². The van der Waals surface area contributed by atoms with E-state index >= 15 is 0 Å². The van der Waals surface area contributed by atoms with Crippen LogP contribution in [0.15, 0.2) is 18.3 Å². The summed E-state index contributed by atoms with van der Waals surface area (Å²) in [6, 6.07) is 4.05. The van der Waals surface area contributed by atoms with Crippen LogP contribution in [0.2, 0.25) is 0 Å². The van der Waals surface area contributed by atoms with E-state index in [1.54, 1.807) is 6.20 Å². The Kier molecular flexibility index (Phi) is 4.76. The fraction of sp³-hybridized carbons (Fsp3) is 0.688. The Bertz CT molecular complexity index is 369. The van der Waals surface area contributed by atoms with Crippen molar-refractivity contribution in [2.75, 3.05) is 0 Å². The van der Waals surface area contributed by atoms with E-state index in [2.05, 4.69) is 24.9 Å². The molecule has 1 aliphatic rings. The third-order valence-corrected chi connectivity index (χ3v) is 4.50. The van der Waals surface area contributed by atoms with Crippen molar-refractivity contribution >= 4 is 0 Å². The maximum absolute atomic E-state index is 10.6. The lowest BCUT2D eigenvalue weighted by atomic mass is 9.77. The largest absolute Gasteiger partial charge is 0.387 e. The summed E-state index contributed by atoms with van der Waals surface area (Å²) in [6.07, 6.45) is 8.52. The van der Waals surface area contributed by atoms with Crippen molar-refractivity contribution in [2.45, 2.75) is 58.5 Å². The first-order valence-corrected chi connectivity index (χ1v) is 7.38. The van der Waals surface area contributed by atoms with Gasteiger partial charge in [-0.05, 0) is 42.7 Å². The number of hydrogen-bond donors (Lipinski definition) is 1. The molecule has 0 aliphatic heterocycles. The Balaban J connectivity index is 2.05. The van der Waals surface area contributed by atoms with Gasteiger partial charge in [-0.1, -0.05) is 39.2 Å². The summed E-state index contributed by atoms with van der Waals surface area (Å²) in [7, 11) is 0. The van der Waals surface area contributed by atoms with E-state index in [0.717, 1.165) is 30.9 Å². The van der Waals surface area contributed by atoms with Crippen LogP contribution in [0.4, 0.5) is 0 Å². The second-order valence-corrected chi connectivity index (χ2v) is 5.54. The average Bonchev–Trinajstić information content (AvgIpc) is 2.46. The molecule has 1 saturated carbocycles. The molecule has 1 heterocycles. The molecule has 1 aliphatic carbocycles. The number of aryl methyl sites for hydroxylation is 1. The van der Waals surface area contributed by atoms with Gasteiger partial charge < -0.3 is 5.11 Å². The zero-order valence-electron chi connectivity index (χ0n) is 11.6. The van der Waals surface area contributed by atoms with Crippen molar-refractivity contribution in [1.29, 1.82) is 0 Å². The third-order valence-electron chi connectivity index (χ3n) is 4.50. The van der Waals surface area contributed by atoms with Crippen molar-refractivity contribution in [3.05, 3.63) is 29.6 Å². The Morgan fingerprint density at radius 1 is 1.28 bits per heavy atom. The van der Waals surface area contributed by atoms with Crippen LogP contribution in [0.25, 0.3) is 0 Å². The molecule has 1 unspecified atom stereocenters. The fourth-order valence-corrected chi connectivity index (χ4v) is 3.15. The number of aromatic nitrogens is 1. The number of hydrogen-bond acceptors (Lipinski definition) is 2. The van der Waals surface area contributed by atoms with Crippen LogP contribution >= 0.6 is 0 Å². The van der Waals surface area contributed by atoms with Crippen LogP contribution in [-0.4, -0.2) is 10.1 Å². The summed E-state index contributed by atoms with van der Waals surface area (Å²) < 4.78 is 0. The minimum atomic E-state index is -0.362. The lowest BCUT2D eigenvalue weighted by Crippen LogP contribution is -2.21. The number of pyridine rings is 1. The van der Waals surface area contributed by atoms with Crippen LogP contribution in [0.5, 0.6) is 0 Å². The van der Waals surface area contributed by atoms with Gasteiger partial charge in [-0.2, -0.15) is 0 Å². The first-order chi connectivity index (χ1) is 8.76. The third kappa shape index (κ3) is 2.92. The number of aliphatic hydroxyl groups excluding tert-OH is 1. The molecule has 18 heavy (non-hydrogen) atoms. The zero-order valence-corrected chi connectivity index (χ0v) is 11.6. The van der Waals surface area contributed by atoms with Crippen LogP contribution in [0, 0.1) is 11.8 Å². The number of nitrogens with zero attached hydrogens (tertiary/aromatic N) is 1. The molecule has 2 rings (SSSR count). The standard InChI is InChI=1S/C16H25NO/c1-3-12-7-9-14(10-8-12)16(18)15-13(4-2)6-5-11-17-15/h5-6,11-12,14,16,18H,3-4,7-10H2,1-2H3. The second kappa shape index (κ2) is 6.33. The predicted molar refractivity (Wildman–Crippen MR) is 74.3 cm³/mol. The SMILES string of the molecule is CCc1cccnc1C(O)C1CCC(CC)CC1. The summed E-state index contributed by atoms with van der Waals surface area (Å²) in [5.74, 6) is 1.29. The molecular formula is C16H25NO. The van der Waals surface area contributed by atoms with Crippen LogP contribution in [0.3, 0.4) is 0 Å². The molecule has 0 bridgehead atoms. The minimum Gasteiger partial charge on any atom is -0.387 e. The van der Waals surface area contributed by atoms with E-state index in [-0.39, 0.29) is 6.10 Å². The van der Waals surface area contributed by atoms with Gasteiger partial charge in [0.2, 0.25) is 0 Å². The molecule has 1 aromatic rings. The van der Waals surface area contributed by atoms with Gasteiger partial charge in [-0.25, -0.2) is 0 Å². The highest BCUT2D eigenvalue weighted by molar-refractivity contribution is 5.22. The molecule has 1 aromatic heterocycles. The second-order valence-electron chi connectivity index (χ2n) is 5.54. The monoisotopic (exact) mass is 247 g/mol. The summed E-state index contributed by atoms with van der Waals surface area (Å²) in [5.41, 5.74) is 2.11. The molecule has 100 valence electrons. The number of aliphatic hydroxyl groups is 1. The average molecular weight is 247 g/mol. The van der Waals surface area contributed by atoms with Gasteiger partial charge in [-0.3, -0.25) is 4.98 Å². The minimum absolute atomic E-state index is 0.362. The molecule has 0 spiro atoms. The van der Waals surface area contributed by atoms with E-state index in [9.17, 15) is 5.11 Å². The summed E-state index contributed by atoms with van der Waals surface area (Å²) in [5, 5.41) is 10.6. The smallest absolute Gasteiger partial charge is 0.0990 e. The van der Waals surface area contributed by atoms with E-state index in [4.69, 9.17) is 0 Å². The first kappa shape index (κ1) is 13.5. The lowest BCUT2D eigenvalue weighted by molar-refractivity contribution is 0.0689. The van der Waals surface area contributed by atoms with E-state index in [1.165, 1.54) is 24.8 Å². The molecule has 1 fully saturated rings. The summed E-state index contributed by atoms with van der Waals surface area (Å²) in [4.78, 5) is 4.41. The fourth-order valence-electron chi connectivity index (χ4n) is 3.15. The van der Waals surface area contributed by atoms with Crippen molar-refractivity contribution < 1.29 is 5.11 Å². The van der Waals surface area contributed by atoms with Gasteiger partial charge in [0.05, 0.1) is 11.8 Å². The molecule has 1 atom stereocenters. The Hall–Kier alpha value is -0.890. The Labute approximate surface area is 110 Å². The lowest BCUT2D eigenvalue weighted by Gasteiger charge is -2.31. The van der Waals surface area contributed by atoms with Crippen molar-refractivity contribution in [3.8, 4) is 0 Å². The maximum atomic E-state index is 10.6. The molecule has 1 N–H and O–H groups in total. The molecule has 0 amide bonds. The van der Waals surface area contributed by atoms with Crippen molar-refractivity contribution in [3.63, 3.8) is 0 Å². The molecule has 0 radical (unpaired) electrons. The highest BCUT2D eigenvalue weighted by atomic mass is 16.3.